The van der Waals surface area contributed by atoms with Crippen molar-refractivity contribution in [3.63, 3.8) is 0 Å². The van der Waals surface area contributed by atoms with E-state index in [4.69, 9.17) is 14.6 Å². The summed E-state index contributed by atoms with van der Waals surface area (Å²) in [6.45, 7) is 3.09. The molecule has 0 saturated carbocycles. The van der Waals surface area contributed by atoms with Crippen molar-refractivity contribution in [2.45, 2.75) is 6.42 Å². The van der Waals surface area contributed by atoms with Crippen molar-refractivity contribution >= 4 is 63.5 Å². The Labute approximate surface area is 131 Å². The topological polar surface area (TPSA) is 74.6 Å². The van der Waals surface area contributed by atoms with Crippen molar-refractivity contribution in [3.8, 4) is 0 Å². The van der Waals surface area contributed by atoms with E-state index in [0.29, 0.717) is 0 Å². The second kappa shape index (κ2) is 19.8. The van der Waals surface area contributed by atoms with Crippen LogP contribution in [0, 0.1) is 13.0 Å². The Bertz CT molecular complexity index is 204. The Hall–Kier alpha value is 0.321. The summed E-state index contributed by atoms with van der Waals surface area (Å²) in [5.41, 5.74) is 0. The standard InChI is InChI=1S/C6H5.C3H5O2.Ba.HO2P/c1-2-4-6-5-3-1;1-2-3(4)5;;1-3-2/h1-5H;1-2H2,(H,4,5);;(H,1,2)/q2*-1;+2;. The van der Waals surface area contributed by atoms with Crippen LogP contribution in [0.1, 0.15) is 6.42 Å². The van der Waals surface area contributed by atoms with Gasteiger partial charge >= 0.3 is 57.6 Å². The fraction of sp³-hybridized carbons (Fsp3) is 0.111. The van der Waals surface area contributed by atoms with Crippen LogP contribution in [-0.4, -0.2) is 64.9 Å². The largest absolute Gasteiger partial charge is 2.00 e. The first-order valence-corrected chi connectivity index (χ1v) is 4.34. The van der Waals surface area contributed by atoms with Gasteiger partial charge in [0, 0.05) is 0 Å². The van der Waals surface area contributed by atoms with Gasteiger partial charge in [-0.25, -0.2) is 4.57 Å². The third-order valence-electron chi connectivity index (χ3n) is 0.821. The second-order valence-corrected chi connectivity index (χ2v) is 1.97. The first-order chi connectivity index (χ1) is 6.68. The van der Waals surface area contributed by atoms with E-state index >= 15 is 0 Å². The zero-order chi connectivity index (χ0) is 11.2. The third kappa shape index (κ3) is 31.4. The Balaban J connectivity index is -0.000000148. The SMILES string of the molecule is O=PO.[Ba+2].[CH2-]CC(=O)O.[c-]1ccccc1. The van der Waals surface area contributed by atoms with E-state index in [1.165, 1.54) is 0 Å². The van der Waals surface area contributed by atoms with Gasteiger partial charge in [-0.3, -0.25) is 4.79 Å². The zero-order valence-electron chi connectivity index (χ0n) is 8.17. The van der Waals surface area contributed by atoms with Crippen LogP contribution in [0.2, 0.25) is 0 Å². The monoisotopic (exact) mass is 352 g/mol. The predicted molar refractivity (Wildman–Crippen MR) is 58.5 cm³/mol. The fourth-order valence-electron chi connectivity index (χ4n) is 0.342. The average molecular weight is 351 g/mol. The summed E-state index contributed by atoms with van der Waals surface area (Å²) in [5, 5.41) is 7.66. The molecule has 0 radical (unpaired) electrons. The molecule has 1 aromatic carbocycles. The number of benzene rings is 1. The minimum atomic E-state index is -0.856. The molecule has 6 heteroatoms. The van der Waals surface area contributed by atoms with Gasteiger partial charge in [0.25, 0.3) is 5.97 Å². The third-order valence-corrected chi connectivity index (χ3v) is 0.821. The maximum Gasteiger partial charge on any atom is 2.00 e. The van der Waals surface area contributed by atoms with Gasteiger partial charge in [-0.2, -0.15) is 36.4 Å². The molecule has 0 aliphatic rings. The summed E-state index contributed by atoms with van der Waals surface area (Å²) in [4.78, 5) is 16.3. The van der Waals surface area contributed by atoms with Crippen molar-refractivity contribution in [3.05, 3.63) is 43.3 Å². The molecule has 1 rings (SSSR count). The van der Waals surface area contributed by atoms with Crippen LogP contribution in [0.5, 0.6) is 0 Å². The molecule has 0 aromatic heterocycles. The smallest absolute Gasteiger partial charge is 0.483 e. The van der Waals surface area contributed by atoms with Crippen LogP contribution in [-0.2, 0) is 9.36 Å². The summed E-state index contributed by atoms with van der Waals surface area (Å²) >= 11 is 0. The molecule has 0 aliphatic carbocycles. The van der Waals surface area contributed by atoms with Gasteiger partial charge in [0.2, 0.25) is 0 Å². The first kappa shape index (κ1) is 20.7. The number of carboxylic acid groups (broad SMARTS) is 1. The molecule has 4 nitrogen and oxygen atoms in total. The molecule has 1 aromatic rings. The minimum absolute atomic E-state index is 0. The molecular weight excluding hydrogens is 340 g/mol. The molecule has 0 atom stereocenters. The van der Waals surface area contributed by atoms with Crippen LogP contribution in [0.4, 0.5) is 0 Å². The van der Waals surface area contributed by atoms with Gasteiger partial charge in [0.05, 0.1) is 0 Å². The summed E-state index contributed by atoms with van der Waals surface area (Å²) in [5.74, 6) is -0.856. The summed E-state index contributed by atoms with van der Waals surface area (Å²) in [6.07, 6.45) is -0.0278. The summed E-state index contributed by atoms with van der Waals surface area (Å²) < 4.78 is 8.46. The number of carbonyl (C=O) groups is 1. The van der Waals surface area contributed by atoms with Crippen molar-refractivity contribution < 1.29 is 19.4 Å². The maximum absolute atomic E-state index is 9.31. The summed E-state index contributed by atoms with van der Waals surface area (Å²) in [6, 6.07) is 12.5. The molecule has 0 bridgehead atoms. The average Bonchev–Trinajstić information content (AvgIpc) is 2.22. The molecule has 0 heterocycles. The van der Waals surface area contributed by atoms with Crippen LogP contribution in [0.25, 0.3) is 0 Å². The number of hydrogen-bond donors (Lipinski definition) is 2. The van der Waals surface area contributed by atoms with E-state index in [1.54, 1.807) is 0 Å². The second-order valence-electron chi connectivity index (χ2n) is 1.80. The van der Waals surface area contributed by atoms with Crippen LogP contribution >= 0.6 is 8.69 Å². The van der Waals surface area contributed by atoms with E-state index in [0.717, 1.165) is 0 Å². The number of rotatable bonds is 1. The molecule has 0 aliphatic heterocycles. The van der Waals surface area contributed by atoms with Gasteiger partial charge in [-0.1, -0.05) is 6.42 Å². The van der Waals surface area contributed by atoms with E-state index in [1.807, 2.05) is 30.3 Å². The predicted octanol–water partition coefficient (Wildman–Crippen LogP) is 1.59. The van der Waals surface area contributed by atoms with E-state index < -0.39 is 14.7 Å². The van der Waals surface area contributed by atoms with Gasteiger partial charge in [0.15, 0.2) is 0 Å². The number of hydrogen-bond acceptors (Lipinski definition) is 2. The Morgan fingerprint density at radius 1 is 1.33 bits per heavy atom. The van der Waals surface area contributed by atoms with Gasteiger partial charge in [-0.15, -0.1) is 0 Å². The van der Waals surface area contributed by atoms with E-state index in [-0.39, 0.29) is 55.3 Å². The Morgan fingerprint density at radius 2 is 1.67 bits per heavy atom. The normalized spacial score (nSPS) is 7.07. The molecular formula is C9H11BaO4P. The summed E-state index contributed by atoms with van der Waals surface area (Å²) in [7, 11) is -0.833. The molecule has 0 spiro atoms. The Morgan fingerprint density at radius 3 is 1.73 bits per heavy atom. The van der Waals surface area contributed by atoms with Crippen LogP contribution in [0.15, 0.2) is 30.3 Å². The van der Waals surface area contributed by atoms with Gasteiger partial charge < -0.3 is 16.9 Å². The van der Waals surface area contributed by atoms with Gasteiger partial charge in [-0.05, 0) is 0 Å². The van der Waals surface area contributed by atoms with Crippen molar-refractivity contribution in [2.24, 2.45) is 0 Å². The van der Waals surface area contributed by atoms with Crippen molar-refractivity contribution in [2.75, 3.05) is 0 Å². The van der Waals surface area contributed by atoms with Crippen molar-refractivity contribution in [1.82, 2.24) is 0 Å². The molecule has 0 fully saturated rings. The molecule has 78 valence electrons. The molecule has 0 unspecified atom stereocenters. The zero-order valence-corrected chi connectivity index (χ0v) is 13.5. The van der Waals surface area contributed by atoms with E-state index in [9.17, 15) is 4.79 Å². The number of carboxylic acids is 1. The minimum Gasteiger partial charge on any atom is -0.483 e. The van der Waals surface area contributed by atoms with Crippen LogP contribution < -0.4 is 0 Å². The molecule has 15 heavy (non-hydrogen) atoms. The molecule has 0 saturated heterocycles. The molecule has 0 amide bonds. The van der Waals surface area contributed by atoms with Crippen LogP contribution in [0.3, 0.4) is 0 Å². The first-order valence-electron chi connectivity index (χ1n) is 3.57. The Kier molecular flexibility index (Phi) is 27.4. The quantitative estimate of drug-likeness (QED) is 0.458. The van der Waals surface area contributed by atoms with Gasteiger partial charge in [0.1, 0.15) is 0 Å². The fourth-order valence-corrected chi connectivity index (χ4v) is 0.342. The number of aliphatic carboxylic acids is 1. The molecule has 2 N–H and O–H groups in total. The van der Waals surface area contributed by atoms with E-state index in [2.05, 4.69) is 13.0 Å². The van der Waals surface area contributed by atoms with Crippen molar-refractivity contribution in [1.29, 1.82) is 0 Å². The maximum atomic E-state index is 9.31.